The topological polar surface area (TPSA) is 9.23 Å². The highest BCUT2D eigenvalue weighted by Crippen LogP contribution is 2.27. The Hall–Kier alpha value is -1.50. The third-order valence-corrected chi connectivity index (χ3v) is 2.29. The number of hydrogen-bond donors (Lipinski definition) is 0. The lowest BCUT2D eigenvalue weighted by Crippen LogP contribution is -2.04. The van der Waals surface area contributed by atoms with E-state index in [0.29, 0.717) is 0 Å². The second-order valence-corrected chi connectivity index (χ2v) is 3.61. The maximum atomic E-state index is 5.73. The number of benzene rings is 1. The molecule has 0 saturated carbocycles. The monoisotopic (exact) mass is 186 g/mol. The van der Waals surface area contributed by atoms with Crippen LogP contribution >= 0.6 is 0 Å². The quantitative estimate of drug-likeness (QED) is 0.651. The van der Waals surface area contributed by atoms with Crippen molar-refractivity contribution in [2.24, 2.45) is 0 Å². The van der Waals surface area contributed by atoms with Gasteiger partial charge in [0.05, 0.1) is 5.76 Å². The molecular weight excluding hydrogens is 172 g/mol. The van der Waals surface area contributed by atoms with Crippen LogP contribution in [-0.2, 0) is 4.74 Å². The molecule has 0 unspecified atom stereocenters. The van der Waals surface area contributed by atoms with Crippen LogP contribution in [0.4, 0.5) is 0 Å². The van der Waals surface area contributed by atoms with Crippen molar-refractivity contribution in [2.75, 3.05) is 0 Å². The number of allylic oxidation sites excluding steroid dienone is 3. The van der Waals surface area contributed by atoms with E-state index in [1.54, 1.807) is 0 Å². The van der Waals surface area contributed by atoms with E-state index in [9.17, 15) is 0 Å². The number of hydrogen-bond acceptors (Lipinski definition) is 1. The highest BCUT2D eigenvalue weighted by atomic mass is 16.5. The summed E-state index contributed by atoms with van der Waals surface area (Å²) in [7, 11) is 0. The van der Waals surface area contributed by atoms with E-state index in [1.807, 2.05) is 25.1 Å². The van der Waals surface area contributed by atoms with Gasteiger partial charge in [-0.05, 0) is 37.1 Å². The first-order chi connectivity index (χ1) is 6.75. The SMILES string of the molecule is CC1=C[C@@H](c2ccccc2)OC(C)=C1. The van der Waals surface area contributed by atoms with Gasteiger partial charge in [-0.3, -0.25) is 0 Å². The summed E-state index contributed by atoms with van der Waals surface area (Å²) < 4.78 is 5.73. The average Bonchev–Trinajstić information content (AvgIpc) is 2.18. The molecule has 1 aromatic carbocycles. The third kappa shape index (κ3) is 1.87. The lowest BCUT2D eigenvalue weighted by Gasteiger charge is -2.21. The predicted molar refractivity (Wildman–Crippen MR) is 57.8 cm³/mol. The molecule has 72 valence electrons. The predicted octanol–water partition coefficient (Wildman–Crippen LogP) is 3.61. The minimum atomic E-state index is 0.0844. The summed E-state index contributed by atoms with van der Waals surface area (Å²) in [5.74, 6) is 0.985. The normalized spacial score (nSPS) is 20.9. The van der Waals surface area contributed by atoms with Crippen LogP contribution in [0.3, 0.4) is 0 Å². The smallest absolute Gasteiger partial charge is 0.142 e. The fourth-order valence-corrected chi connectivity index (χ4v) is 1.68. The van der Waals surface area contributed by atoms with Crippen LogP contribution in [0.1, 0.15) is 25.5 Å². The Bertz CT molecular complexity index is 373. The summed E-state index contributed by atoms with van der Waals surface area (Å²) >= 11 is 0. The summed E-state index contributed by atoms with van der Waals surface area (Å²) in [5, 5.41) is 0. The molecule has 14 heavy (non-hydrogen) atoms. The molecule has 1 aromatic rings. The summed E-state index contributed by atoms with van der Waals surface area (Å²) in [6.07, 6.45) is 4.28. The van der Waals surface area contributed by atoms with Gasteiger partial charge in [0.1, 0.15) is 6.10 Å². The average molecular weight is 186 g/mol. The zero-order valence-corrected chi connectivity index (χ0v) is 8.53. The number of rotatable bonds is 1. The molecule has 1 aliphatic heterocycles. The molecule has 1 heterocycles. The van der Waals surface area contributed by atoms with Crippen molar-refractivity contribution in [3.63, 3.8) is 0 Å². The van der Waals surface area contributed by atoms with Crippen molar-refractivity contribution < 1.29 is 4.74 Å². The van der Waals surface area contributed by atoms with Crippen LogP contribution < -0.4 is 0 Å². The van der Waals surface area contributed by atoms with E-state index in [2.05, 4.69) is 31.2 Å². The van der Waals surface area contributed by atoms with Crippen LogP contribution in [-0.4, -0.2) is 0 Å². The highest BCUT2D eigenvalue weighted by molar-refractivity contribution is 5.30. The van der Waals surface area contributed by atoms with E-state index >= 15 is 0 Å². The summed E-state index contributed by atoms with van der Waals surface area (Å²) in [6.45, 7) is 4.09. The second-order valence-electron chi connectivity index (χ2n) is 3.61. The molecule has 0 bridgehead atoms. The van der Waals surface area contributed by atoms with Gasteiger partial charge in [-0.15, -0.1) is 0 Å². The minimum absolute atomic E-state index is 0.0844. The summed E-state index contributed by atoms with van der Waals surface area (Å²) in [5.41, 5.74) is 2.47. The van der Waals surface area contributed by atoms with E-state index in [1.165, 1.54) is 11.1 Å². The first kappa shape index (κ1) is 9.07. The fourth-order valence-electron chi connectivity index (χ4n) is 1.68. The second kappa shape index (κ2) is 3.70. The maximum absolute atomic E-state index is 5.73. The van der Waals surface area contributed by atoms with Gasteiger partial charge in [-0.2, -0.15) is 0 Å². The van der Waals surface area contributed by atoms with Crippen molar-refractivity contribution in [3.8, 4) is 0 Å². The molecule has 1 heteroatoms. The first-order valence-corrected chi connectivity index (χ1v) is 4.84. The van der Waals surface area contributed by atoms with Gasteiger partial charge in [0.25, 0.3) is 0 Å². The molecule has 0 radical (unpaired) electrons. The van der Waals surface area contributed by atoms with Gasteiger partial charge in [-0.1, -0.05) is 30.3 Å². The van der Waals surface area contributed by atoms with E-state index in [0.717, 1.165) is 5.76 Å². The number of ether oxygens (including phenoxy) is 1. The fraction of sp³-hybridized carbons (Fsp3) is 0.231. The highest BCUT2D eigenvalue weighted by Gasteiger charge is 2.13. The molecule has 0 aromatic heterocycles. The third-order valence-electron chi connectivity index (χ3n) is 2.29. The molecule has 0 aliphatic carbocycles. The minimum Gasteiger partial charge on any atom is -0.486 e. The van der Waals surface area contributed by atoms with Crippen molar-refractivity contribution in [1.82, 2.24) is 0 Å². The van der Waals surface area contributed by atoms with Crippen molar-refractivity contribution in [1.29, 1.82) is 0 Å². The Kier molecular flexibility index (Phi) is 2.40. The van der Waals surface area contributed by atoms with Crippen LogP contribution in [0.5, 0.6) is 0 Å². The van der Waals surface area contributed by atoms with Gasteiger partial charge >= 0.3 is 0 Å². The van der Waals surface area contributed by atoms with Crippen LogP contribution in [0, 0.1) is 0 Å². The standard InChI is InChI=1S/C13H14O/c1-10-8-11(2)14-13(9-10)12-6-4-3-5-7-12/h3-9,13H,1-2H3/t13-/m0/s1. The van der Waals surface area contributed by atoms with Gasteiger partial charge in [-0.25, -0.2) is 0 Å². The molecular formula is C13H14O. The molecule has 1 aliphatic rings. The molecule has 0 fully saturated rings. The van der Waals surface area contributed by atoms with Crippen molar-refractivity contribution >= 4 is 0 Å². The molecule has 0 amide bonds. The Labute approximate surface area is 84.7 Å². The van der Waals surface area contributed by atoms with Gasteiger partial charge in [0.2, 0.25) is 0 Å². The van der Waals surface area contributed by atoms with E-state index < -0.39 is 0 Å². The van der Waals surface area contributed by atoms with Gasteiger partial charge in [0, 0.05) is 0 Å². The van der Waals surface area contributed by atoms with Gasteiger partial charge < -0.3 is 4.74 Å². The van der Waals surface area contributed by atoms with Crippen molar-refractivity contribution in [2.45, 2.75) is 20.0 Å². The summed E-state index contributed by atoms with van der Waals surface area (Å²) in [6, 6.07) is 10.3. The van der Waals surface area contributed by atoms with E-state index in [4.69, 9.17) is 4.74 Å². The largest absolute Gasteiger partial charge is 0.486 e. The Morgan fingerprint density at radius 1 is 1.07 bits per heavy atom. The van der Waals surface area contributed by atoms with Crippen molar-refractivity contribution in [3.05, 3.63) is 59.4 Å². The van der Waals surface area contributed by atoms with Gasteiger partial charge in [0.15, 0.2) is 0 Å². The summed E-state index contributed by atoms with van der Waals surface area (Å²) in [4.78, 5) is 0. The Morgan fingerprint density at radius 2 is 1.79 bits per heavy atom. The lowest BCUT2D eigenvalue weighted by atomic mass is 10.0. The molecule has 0 saturated heterocycles. The zero-order valence-electron chi connectivity index (χ0n) is 8.53. The van der Waals surface area contributed by atoms with E-state index in [-0.39, 0.29) is 6.10 Å². The Morgan fingerprint density at radius 3 is 2.43 bits per heavy atom. The van der Waals surface area contributed by atoms with Crippen LogP contribution in [0.15, 0.2) is 53.8 Å². The maximum Gasteiger partial charge on any atom is 0.142 e. The Balaban J connectivity index is 2.27. The van der Waals surface area contributed by atoms with Crippen LogP contribution in [0.2, 0.25) is 0 Å². The molecule has 1 atom stereocenters. The lowest BCUT2D eigenvalue weighted by molar-refractivity contribution is 0.153. The van der Waals surface area contributed by atoms with Crippen LogP contribution in [0.25, 0.3) is 0 Å². The molecule has 1 nitrogen and oxygen atoms in total. The molecule has 0 N–H and O–H groups in total. The zero-order chi connectivity index (χ0) is 9.97. The first-order valence-electron chi connectivity index (χ1n) is 4.84. The molecule has 0 spiro atoms. The molecule has 2 rings (SSSR count).